The van der Waals surface area contributed by atoms with Gasteiger partial charge in [-0.2, -0.15) is 0 Å². The predicted molar refractivity (Wildman–Crippen MR) is 143 cm³/mol. The molecular formula is C28H29FN4O4S. The average molecular weight is 537 g/mol. The molecule has 0 N–H and O–H groups in total. The molecule has 1 saturated heterocycles. The number of fused-ring (bicyclic) bond motifs is 1. The number of benzene rings is 2. The second-order valence-corrected chi connectivity index (χ2v) is 10.8. The molecule has 2 aliphatic heterocycles. The Kier molecular flexibility index (Phi) is 7.53. The molecule has 0 unspecified atom stereocenters. The molecule has 2 atom stereocenters. The van der Waals surface area contributed by atoms with E-state index in [1.54, 1.807) is 39.3 Å². The van der Waals surface area contributed by atoms with E-state index >= 15 is 0 Å². The second kappa shape index (κ2) is 11.0. The molecule has 2 amide bonds. The molecule has 5 rings (SSSR count). The Morgan fingerprint density at radius 3 is 2.68 bits per heavy atom. The Morgan fingerprint density at radius 2 is 1.92 bits per heavy atom. The molecule has 2 aromatic carbocycles. The molecule has 0 radical (unpaired) electrons. The van der Waals surface area contributed by atoms with Crippen LogP contribution in [0.1, 0.15) is 45.7 Å². The molecule has 0 saturated carbocycles. The predicted octanol–water partition coefficient (Wildman–Crippen LogP) is 4.51. The number of thiophene rings is 1. The monoisotopic (exact) mass is 536 g/mol. The van der Waals surface area contributed by atoms with E-state index in [9.17, 15) is 24.1 Å². The third kappa shape index (κ3) is 5.32. The lowest BCUT2D eigenvalue weighted by Gasteiger charge is -2.40. The van der Waals surface area contributed by atoms with Gasteiger partial charge in [0.15, 0.2) is 0 Å². The van der Waals surface area contributed by atoms with Crippen LogP contribution < -0.4 is 0 Å². The molecule has 3 heterocycles. The summed E-state index contributed by atoms with van der Waals surface area (Å²) in [6, 6.07) is 14.2. The maximum Gasteiger partial charge on any atom is 0.270 e. The molecule has 198 valence electrons. The molecule has 2 aliphatic rings. The lowest BCUT2D eigenvalue weighted by Crippen LogP contribution is -2.55. The van der Waals surface area contributed by atoms with Gasteiger partial charge < -0.3 is 9.80 Å². The fraction of sp³-hybridized carbons (Fsp3) is 0.357. The molecule has 3 aromatic rings. The Labute approximate surface area is 224 Å². The van der Waals surface area contributed by atoms with Gasteiger partial charge >= 0.3 is 0 Å². The minimum atomic E-state index is -0.517. The van der Waals surface area contributed by atoms with Gasteiger partial charge in [0, 0.05) is 67.8 Å². The summed E-state index contributed by atoms with van der Waals surface area (Å²) in [6.45, 7) is 4.41. The van der Waals surface area contributed by atoms with Crippen LogP contribution in [0.2, 0.25) is 0 Å². The van der Waals surface area contributed by atoms with Crippen molar-refractivity contribution in [3.05, 3.63) is 97.5 Å². The summed E-state index contributed by atoms with van der Waals surface area (Å²) >= 11 is 1.72. The molecule has 1 aromatic heterocycles. The number of amides is 2. The standard InChI is InChI=1S/C28H29FN4O4S/c1-19-18-31(13-14-32(19)28(35)21-5-3-7-23(17-21)33(36)37)26(34)9-12-30-11-8-25-24(10-15-38-25)27(30)20-4-2-6-22(29)16-20/h2-7,10,15-17,19,27H,8-9,11-14,18H2,1H3/t19-,27-/m1/s1. The molecule has 0 spiro atoms. The minimum Gasteiger partial charge on any atom is -0.339 e. The SMILES string of the molecule is C[C@@H]1CN(C(=O)CCN2CCc3sccc3[C@H]2c2cccc(F)c2)CCN1C(=O)c1cccc([N+](=O)[O-])c1. The highest BCUT2D eigenvalue weighted by molar-refractivity contribution is 7.10. The van der Waals surface area contributed by atoms with Gasteiger partial charge in [-0.05, 0) is 54.1 Å². The van der Waals surface area contributed by atoms with Crippen LogP contribution in [0.4, 0.5) is 10.1 Å². The molecule has 10 heteroatoms. The fourth-order valence-electron chi connectivity index (χ4n) is 5.48. The largest absolute Gasteiger partial charge is 0.339 e. The van der Waals surface area contributed by atoms with Gasteiger partial charge in [-0.3, -0.25) is 24.6 Å². The zero-order chi connectivity index (χ0) is 26.8. The Bertz CT molecular complexity index is 1360. The van der Waals surface area contributed by atoms with Crippen molar-refractivity contribution < 1.29 is 18.9 Å². The van der Waals surface area contributed by atoms with Crippen molar-refractivity contribution in [1.82, 2.24) is 14.7 Å². The van der Waals surface area contributed by atoms with Gasteiger partial charge in [-0.1, -0.05) is 18.2 Å². The number of non-ortho nitro benzene ring substituents is 1. The van der Waals surface area contributed by atoms with Crippen LogP contribution >= 0.6 is 11.3 Å². The van der Waals surface area contributed by atoms with Crippen LogP contribution in [0.3, 0.4) is 0 Å². The number of halogens is 1. The first-order valence-corrected chi connectivity index (χ1v) is 13.6. The number of nitrogens with zero attached hydrogens (tertiary/aromatic N) is 4. The first kappa shape index (κ1) is 26.0. The lowest BCUT2D eigenvalue weighted by molar-refractivity contribution is -0.384. The molecule has 38 heavy (non-hydrogen) atoms. The van der Waals surface area contributed by atoms with Crippen LogP contribution in [0.5, 0.6) is 0 Å². The van der Waals surface area contributed by atoms with Crippen LogP contribution in [-0.2, 0) is 11.2 Å². The van der Waals surface area contributed by atoms with Gasteiger partial charge in [0.05, 0.1) is 11.0 Å². The number of piperazine rings is 1. The van der Waals surface area contributed by atoms with E-state index in [1.165, 1.54) is 34.7 Å². The topological polar surface area (TPSA) is 87.0 Å². The third-order valence-electron chi connectivity index (χ3n) is 7.39. The molecule has 1 fully saturated rings. The Hall–Kier alpha value is -3.63. The van der Waals surface area contributed by atoms with Crippen LogP contribution in [0.25, 0.3) is 0 Å². The van der Waals surface area contributed by atoms with E-state index in [1.807, 2.05) is 13.0 Å². The lowest BCUT2D eigenvalue weighted by atomic mass is 9.93. The van der Waals surface area contributed by atoms with Crippen molar-refractivity contribution in [2.45, 2.75) is 31.8 Å². The summed E-state index contributed by atoms with van der Waals surface area (Å²) < 4.78 is 14.1. The summed E-state index contributed by atoms with van der Waals surface area (Å²) in [4.78, 5) is 43.8. The van der Waals surface area contributed by atoms with Gasteiger partial charge in [0.2, 0.25) is 5.91 Å². The number of hydrogen-bond donors (Lipinski definition) is 0. The van der Waals surface area contributed by atoms with Crippen LogP contribution in [-0.4, -0.2) is 70.2 Å². The number of hydrogen-bond acceptors (Lipinski definition) is 6. The summed E-state index contributed by atoms with van der Waals surface area (Å²) in [5, 5.41) is 13.2. The first-order chi connectivity index (χ1) is 18.3. The summed E-state index contributed by atoms with van der Waals surface area (Å²) in [5.74, 6) is -0.521. The van der Waals surface area contributed by atoms with Crippen molar-refractivity contribution in [3.63, 3.8) is 0 Å². The highest BCUT2D eigenvalue weighted by Gasteiger charge is 2.33. The van der Waals surface area contributed by atoms with Crippen LogP contribution in [0, 0.1) is 15.9 Å². The minimum absolute atomic E-state index is 0.0217. The van der Waals surface area contributed by atoms with Gasteiger partial charge in [0.1, 0.15) is 5.82 Å². The number of nitro benzene ring substituents is 1. The zero-order valence-corrected chi connectivity index (χ0v) is 21.9. The third-order valence-corrected chi connectivity index (χ3v) is 8.38. The number of rotatable bonds is 6. The van der Waals surface area contributed by atoms with Crippen molar-refractivity contribution >= 4 is 28.8 Å². The molecule has 0 aliphatic carbocycles. The summed E-state index contributed by atoms with van der Waals surface area (Å²) in [5.41, 5.74) is 2.22. The van der Waals surface area contributed by atoms with E-state index in [2.05, 4.69) is 16.3 Å². The maximum absolute atomic E-state index is 14.1. The first-order valence-electron chi connectivity index (χ1n) is 12.7. The van der Waals surface area contributed by atoms with E-state index < -0.39 is 4.92 Å². The number of carbonyl (C=O) groups excluding carboxylic acids is 2. The van der Waals surface area contributed by atoms with E-state index in [4.69, 9.17) is 0 Å². The smallest absolute Gasteiger partial charge is 0.270 e. The Balaban J connectivity index is 1.22. The molecule has 8 nitrogen and oxygen atoms in total. The van der Waals surface area contributed by atoms with Gasteiger partial charge in [0.25, 0.3) is 11.6 Å². The molecular weight excluding hydrogens is 507 g/mol. The van der Waals surface area contributed by atoms with Gasteiger partial charge in [-0.15, -0.1) is 11.3 Å². The van der Waals surface area contributed by atoms with E-state index in [0.29, 0.717) is 32.6 Å². The Morgan fingerprint density at radius 1 is 1.11 bits per heavy atom. The summed E-state index contributed by atoms with van der Waals surface area (Å²) in [6.07, 6.45) is 1.24. The summed E-state index contributed by atoms with van der Waals surface area (Å²) in [7, 11) is 0. The maximum atomic E-state index is 14.1. The van der Waals surface area contributed by atoms with Gasteiger partial charge in [-0.25, -0.2) is 4.39 Å². The van der Waals surface area contributed by atoms with Crippen molar-refractivity contribution in [3.8, 4) is 0 Å². The average Bonchev–Trinajstić information content (AvgIpc) is 3.40. The van der Waals surface area contributed by atoms with Crippen molar-refractivity contribution in [2.75, 3.05) is 32.7 Å². The van der Waals surface area contributed by atoms with Crippen molar-refractivity contribution in [1.29, 1.82) is 0 Å². The molecule has 0 bridgehead atoms. The van der Waals surface area contributed by atoms with Crippen LogP contribution in [0.15, 0.2) is 60.0 Å². The highest BCUT2D eigenvalue weighted by atomic mass is 32.1. The van der Waals surface area contributed by atoms with E-state index in [0.717, 1.165) is 18.5 Å². The fourth-order valence-corrected chi connectivity index (χ4v) is 6.38. The zero-order valence-electron chi connectivity index (χ0n) is 21.1. The normalized spacial score (nSPS) is 19.7. The second-order valence-electron chi connectivity index (χ2n) is 9.79. The highest BCUT2D eigenvalue weighted by Crippen LogP contribution is 2.38. The van der Waals surface area contributed by atoms with E-state index in [-0.39, 0.29) is 41.0 Å². The number of carbonyl (C=O) groups is 2. The quantitative estimate of drug-likeness (QED) is 0.342. The number of nitro groups is 1. The van der Waals surface area contributed by atoms with Crippen molar-refractivity contribution in [2.24, 2.45) is 0 Å².